The van der Waals surface area contributed by atoms with E-state index in [4.69, 9.17) is 16.3 Å². The lowest BCUT2D eigenvalue weighted by Gasteiger charge is -2.18. The summed E-state index contributed by atoms with van der Waals surface area (Å²) < 4.78 is 6.08. The van der Waals surface area contributed by atoms with Crippen LogP contribution in [0.2, 0.25) is 5.02 Å². The van der Waals surface area contributed by atoms with Crippen molar-refractivity contribution in [1.82, 2.24) is 0 Å². The van der Waals surface area contributed by atoms with E-state index in [1.54, 1.807) is 72.8 Å². The first-order valence-electron chi connectivity index (χ1n) is 9.48. The molecule has 0 fully saturated rings. The Bertz CT molecular complexity index is 1050. The number of hydrogen-bond acceptors (Lipinski definition) is 5. The highest BCUT2D eigenvalue weighted by Crippen LogP contribution is 2.17. The van der Waals surface area contributed by atoms with Gasteiger partial charge in [-0.1, -0.05) is 70.0 Å². The van der Waals surface area contributed by atoms with Crippen molar-refractivity contribution in [2.24, 2.45) is 0 Å². The quantitative estimate of drug-likeness (QED) is 0.307. The van der Waals surface area contributed by atoms with Crippen LogP contribution < -0.4 is 5.32 Å². The zero-order valence-corrected chi connectivity index (χ0v) is 18.7. The minimum atomic E-state index is -0.966. The molecule has 1 atom stereocenters. The summed E-state index contributed by atoms with van der Waals surface area (Å²) in [5, 5.41) is 3.55. The van der Waals surface area contributed by atoms with Crippen LogP contribution in [-0.2, 0) is 9.53 Å². The third kappa shape index (κ3) is 6.77. The Hall–Kier alpha value is -2.96. The van der Waals surface area contributed by atoms with E-state index < -0.39 is 18.6 Å². The van der Waals surface area contributed by atoms with Crippen molar-refractivity contribution < 1.29 is 19.1 Å². The molecule has 3 aromatic carbocycles. The molecule has 1 N–H and O–H groups in total. The molecule has 0 aliphatic rings. The molecule has 3 rings (SSSR count). The van der Waals surface area contributed by atoms with E-state index in [-0.39, 0.29) is 18.0 Å². The molecule has 3 aromatic rings. The standard InChI is InChI=1S/C24H19BrClNO4/c25-18-8-6-17(7-9-18)23(29)15-31-24(30)21(27-20-12-10-19(26)11-13-20)14-22(28)16-4-2-1-3-5-16/h1-13,21,27H,14-15H2/t21-/m0/s1. The van der Waals surface area contributed by atoms with Crippen LogP contribution in [-0.4, -0.2) is 30.2 Å². The fourth-order valence-corrected chi connectivity index (χ4v) is 3.21. The highest BCUT2D eigenvalue weighted by atomic mass is 79.9. The molecular weight excluding hydrogens is 482 g/mol. The van der Waals surface area contributed by atoms with Crippen molar-refractivity contribution >= 4 is 50.8 Å². The van der Waals surface area contributed by atoms with Gasteiger partial charge < -0.3 is 10.1 Å². The highest BCUT2D eigenvalue weighted by Gasteiger charge is 2.25. The van der Waals surface area contributed by atoms with Crippen LogP contribution in [0.15, 0.2) is 83.3 Å². The molecule has 0 radical (unpaired) electrons. The van der Waals surface area contributed by atoms with E-state index in [0.717, 1.165) is 4.47 Å². The lowest BCUT2D eigenvalue weighted by atomic mass is 10.0. The predicted molar refractivity (Wildman–Crippen MR) is 124 cm³/mol. The molecule has 0 heterocycles. The molecule has 158 valence electrons. The Morgan fingerprint density at radius 3 is 2.10 bits per heavy atom. The summed E-state index contributed by atoms with van der Waals surface area (Å²) in [7, 11) is 0. The third-order valence-electron chi connectivity index (χ3n) is 4.47. The molecule has 31 heavy (non-hydrogen) atoms. The minimum absolute atomic E-state index is 0.127. The molecule has 0 amide bonds. The summed E-state index contributed by atoms with van der Waals surface area (Å²) in [5.41, 5.74) is 1.52. The Morgan fingerprint density at radius 2 is 1.45 bits per heavy atom. The lowest BCUT2D eigenvalue weighted by Crippen LogP contribution is -2.34. The number of Topliss-reactive ketones (excluding diaryl/α,β-unsaturated/α-hetero) is 2. The third-order valence-corrected chi connectivity index (χ3v) is 5.25. The van der Waals surface area contributed by atoms with Crippen LogP contribution in [0.1, 0.15) is 27.1 Å². The van der Waals surface area contributed by atoms with Crippen LogP contribution in [0.4, 0.5) is 5.69 Å². The van der Waals surface area contributed by atoms with Crippen LogP contribution in [0.5, 0.6) is 0 Å². The average Bonchev–Trinajstić information content (AvgIpc) is 2.79. The minimum Gasteiger partial charge on any atom is -0.456 e. The van der Waals surface area contributed by atoms with Crippen molar-refractivity contribution in [1.29, 1.82) is 0 Å². The SMILES string of the molecule is O=C(COC(=O)[C@H](CC(=O)c1ccccc1)Nc1ccc(Cl)cc1)c1ccc(Br)cc1. The Balaban J connectivity index is 1.70. The van der Waals surface area contributed by atoms with Gasteiger partial charge in [0.05, 0.1) is 0 Å². The summed E-state index contributed by atoms with van der Waals surface area (Å²) in [6.45, 7) is -0.418. The first-order valence-corrected chi connectivity index (χ1v) is 10.7. The number of ketones is 2. The molecule has 0 saturated carbocycles. The van der Waals surface area contributed by atoms with Crippen molar-refractivity contribution in [3.8, 4) is 0 Å². The van der Waals surface area contributed by atoms with Crippen molar-refractivity contribution in [2.75, 3.05) is 11.9 Å². The molecule has 0 aliphatic carbocycles. The number of anilines is 1. The van der Waals surface area contributed by atoms with Crippen LogP contribution in [0.25, 0.3) is 0 Å². The largest absolute Gasteiger partial charge is 0.456 e. The summed E-state index contributed by atoms with van der Waals surface area (Å²) in [5.74, 6) is -1.24. The number of benzene rings is 3. The second-order valence-corrected chi connectivity index (χ2v) is 8.09. The smallest absolute Gasteiger partial charge is 0.329 e. The maximum Gasteiger partial charge on any atom is 0.329 e. The maximum absolute atomic E-state index is 12.7. The van der Waals surface area contributed by atoms with Gasteiger partial charge in [0.25, 0.3) is 0 Å². The summed E-state index contributed by atoms with van der Waals surface area (Å²) >= 11 is 9.22. The first-order chi connectivity index (χ1) is 14.9. The maximum atomic E-state index is 12.7. The highest BCUT2D eigenvalue weighted by molar-refractivity contribution is 9.10. The lowest BCUT2D eigenvalue weighted by molar-refractivity contribution is -0.143. The van der Waals surface area contributed by atoms with Gasteiger partial charge in [0.2, 0.25) is 0 Å². The number of rotatable bonds is 9. The molecule has 0 unspecified atom stereocenters. The number of carbonyl (C=O) groups excluding carboxylic acids is 3. The van der Waals surface area contributed by atoms with Crippen LogP contribution in [0, 0.1) is 0 Å². The Morgan fingerprint density at radius 1 is 0.839 bits per heavy atom. The van der Waals surface area contributed by atoms with Gasteiger partial charge in [-0.05, 0) is 36.4 Å². The fourth-order valence-electron chi connectivity index (χ4n) is 2.82. The van der Waals surface area contributed by atoms with E-state index in [9.17, 15) is 14.4 Å². The van der Waals surface area contributed by atoms with Crippen molar-refractivity contribution in [2.45, 2.75) is 12.5 Å². The molecule has 0 bridgehead atoms. The van der Waals surface area contributed by atoms with Gasteiger partial charge in [-0.3, -0.25) is 9.59 Å². The topological polar surface area (TPSA) is 72.5 Å². The summed E-state index contributed by atoms with van der Waals surface area (Å²) in [6.07, 6.45) is -0.127. The number of carbonyl (C=O) groups is 3. The molecule has 5 nitrogen and oxygen atoms in total. The van der Waals surface area contributed by atoms with E-state index in [1.165, 1.54) is 0 Å². The zero-order chi connectivity index (χ0) is 22.2. The molecule has 0 saturated heterocycles. The molecular formula is C24H19BrClNO4. The normalized spacial score (nSPS) is 11.4. The molecule has 7 heteroatoms. The summed E-state index contributed by atoms with van der Waals surface area (Å²) in [6, 6.07) is 21.2. The Kier molecular flexibility index (Phi) is 7.98. The average molecular weight is 501 g/mol. The van der Waals surface area contributed by atoms with E-state index in [2.05, 4.69) is 21.2 Å². The number of hydrogen-bond donors (Lipinski definition) is 1. The predicted octanol–water partition coefficient (Wildman–Crippen LogP) is 5.58. The van der Waals surface area contributed by atoms with E-state index in [0.29, 0.717) is 21.8 Å². The van der Waals surface area contributed by atoms with Gasteiger partial charge in [-0.25, -0.2) is 4.79 Å². The Labute approximate surface area is 193 Å². The van der Waals surface area contributed by atoms with Gasteiger partial charge in [0.15, 0.2) is 18.2 Å². The fraction of sp³-hybridized carbons (Fsp3) is 0.125. The first kappa shape index (κ1) is 22.7. The zero-order valence-electron chi connectivity index (χ0n) is 16.4. The van der Waals surface area contributed by atoms with Gasteiger partial charge in [0, 0.05) is 32.7 Å². The molecule has 0 spiro atoms. The number of esters is 1. The summed E-state index contributed by atoms with van der Waals surface area (Å²) in [4.78, 5) is 37.7. The molecule has 0 aromatic heterocycles. The monoisotopic (exact) mass is 499 g/mol. The van der Waals surface area contributed by atoms with Gasteiger partial charge in [0.1, 0.15) is 6.04 Å². The van der Waals surface area contributed by atoms with Gasteiger partial charge >= 0.3 is 5.97 Å². The molecule has 0 aliphatic heterocycles. The van der Waals surface area contributed by atoms with E-state index in [1.807, 2.05) is 6.07 Å². The number of nitrogens with one attached hydrogen (secondary N) is 1. The number of halogens is 2. The van der Waals surface area contributed by atoms with Gasteiger partial charge in [-0.2, -0.15) is 0 Å². The van der Waals surface area contributed by atoms with Gasteiger partial charge in [-0.15, -0.1) is 0 Å². The second-order valence-electron chi connectivity index (χ2n) is 6.73. The number of ether oxygens (including phenoxy) is 1. The second kappa shape index (κ2) is 10.9. The van der Waals surface area contributed by atoms with Crippen LogP contribution >= 0.6 is 27.5 Å². The van der Waals surface area contributed by atoms with E-state index >= 15 is 0 Å². The van der Waals surface area contributed by atoms with Crippen molar-refractivity contribution in [3.63, 3.8) is 0 Å². The van der Waals surface area contributed by atoms with Crippen molar-refractivity contribution in [3.05, 3.63) is 99.5 Å². The van der Waals surface area contributed by atoms with Crippen LogP contribution in [0.3, 0.4) is 0 Å².